The minimum Gasteiger partial charge on any atom is -0.358 e. The summed E-state index contributed by atoms with van der Waals surface area (Å²) < 4.78 is 28.4. The fourth-order valence-corrected chi connectivity index (χ4v) is 2.33. The van der Waals surface area contributed by atoms with Crippen LogP contribution in [0, 0.1) is 0 Å². The van der Waals surface area contributed by atoms with E-state index in [0.29, 0.717) is 17.0 Å². The molecule has 0 aliphatic carbocycles. The zero-order valence-electron chi connectivity index (χ0n) is 17.3. The molecule has 1 aromatic heterocycles. The van der Waals surface area contributed by atoms with Crippen LogP contribution in [0.4, 0.5) is 8.78 Å². The topological polar surface area (TPSA) is 37.3 Å². The van der Waals surface area contributed by atoms with Crippen molar-refractivity contribution in [3.8, 4) is 0 Å². The summed E-state index contributed by atoms with van der Waals surface area (Å²) in [4.78, 5) is 8.37. The van der Waals surface area contributed by atoms with Gasteiger partial charge in [0.25, 0.3) is 5.92 Å². The highest BCUT2D eigenvalue weighted by Crippen LogP contribution is 2.33. The van der Waals surface area contributed by atoms with E-state index in [1.807, 2.05) is 26.8 Å². The zero-order valence-corrected chi connectivity index (χ0v) is 17.3. The lowest BCUT2D eigenvalue weighted by molar-refractivity contribution is 0.0168. The normalized spacial score (nSPS) is 13.8. The third-order valence-corrected chi connectivity index (χ3v) is 4.10. The van der Waals surface area contributed by atoms with Gasteiger partial charge in [-0.05, 0) is 38.5 Å². The number of rotatable bonds is 9. The number of halogens is 2. The Balaban J connectivity index is 3.45. The third kappa shape index (κ3) is 6.72. The molecule has 5 heteroatoms. The summed E-state index contributed by atoms with van der Waals surface area (Å²) in [6.45, 7) is 14.5. The van der Waals surface area contributed by atoms with E-state index in [-0.39, 0.29) is 11.3 Å². The van der Waals surface area contributed by atoms with Gasteiger partial charge in [-0.3, -0.25) is 4.99 Å². The molecule has 0 aliphatic heterocycles. The largest absolute Gasteiger partial charge is 0.358 e. The molecular weight excluding hydrogens is 356 g/mol. The van der Waals surface area contributed by atoms with Gasteiger partial charge in [-0.2, -0.15) is 0 Å². The fraction of sp³-hybridized carbons (Fsp3) is 0.304. The Bertz CT molecular complexity index is 838. The average Bonchev–Trinajstić information content (AvgIpc) is 2.65. The molecule has 0 saturated heterocycles. The molecule has 0 aliphatic rings. The molecule has 0 fully saturated rings. The van der Waals surface area contributed by atoms with E-state index in [1.54, 1.807) is 37.6 Å². The van der Waals surface area contributed by atoms with Crippen LogP contribution in [0.2, 0.25) is 0 Å². The van der Waals surface area contributed by atoms with Gasteiger partial charge in [-0.25, -0.2) is 13.8 Å². The molecule has 150 valence electrons. The van der Waals surface area contributed by atoms with Crippen LogP contribution in [0.15, 0.2) is 65.9 Å². The zero-order chi connectivity index (χ0) is 21.3. The molecule has 0 spiro atoms. The van der Waals surface area contributed by atoms with Crippen LogP contribution in [0.25, 0.3) is 11.3 Å². The predicted octanol–water partition coefficient (Wildman–Crippen LogP) is 6.28. The van der Waals surface area contributed by atoms with E-state index >= 15 is 0 Å². The Morgan fingerprint density at radius 1 is 1.25 bits per heavy atom. The highest BCUT2D eigenvalue weighted by atomic mass is 19.3. The van der Waals surface area contributed by atoms with Crippen LogP contribution < -0.4 is 5.32 Å². The Labute approximate surface area is 167 Å². The van der Waals surface area contributed by atoms with Crippen molar-refractivity contribution in [1.82, 2.24) is 10.3 Å². The van der Waals surface area contributed by atoms with Gasteiger partial charge in [-0.1, -0.05) is 43.9 Å². The second-order valence-corrected chi connectivity index (χ2v) is 6.53. The van der Waals surface area contributed by atoms with Crippen LogP contribution in [0.5, 0.6) is 0 Å². The Kier molecular flexibility index (Phi) is 8.71. The van der Waals surface area contributed by atoms with Crippen LogP contribution in [-0.4, -0.2) is 18.2 Å². The number of nitrogens with one attached hydrogen (secondary N) is 1. The van der Waals surface area contributed by atoms with Crippen molar-refractivity contribution in [3.05, 3.63) is 77.8 Å². The van der Waals surface area contributed by atoms with E-state index in [9.17, 15) is 8.78 Å². The standard InChI is InChI=1S/C23H29F2N3/c1-8-16(3)10-11-19(9-2)22-20(23(6,24)25)12-13-21(28-22)18(5)27-17(4)14-15-26-7/h9-15,27H,2,5,8H2,1,3-4,6-7H3/b16-10+,17-14+,19-11+,26-15-. The molecule has 0 radical (unpaired) electrons. The number of hydrogen-bond acceptors (Lipinski definition) is 3. The first kappa shape index (κ1) is 23.2. The van der Waals surface area contributed by atoms with Gasteiger partial charge in [0, 0.05) is 37.0 Å². The summed E-state index contributed by atoms with van der Waals surface area (Å²) in [5.41, 5.74) is 3.50. The van der Waals surface area contributed by atoms with Crippen molar-refractivity contribution >= 4 is 17.5 Å². The first-order chi connectivity index (χ1) is 13.1. The maximum Gasteiger partial charge on any atom is 0.272 e. The van der Waals surface area contributed by atoms with Crippen LogP contribution in [-0.2, 0) is 5.92 Å². The molecule has 0 unspecified atom stereocenters. The highest BCUT2D eigenvalue weighted by molar-refractivity contribution is 5.77. The monoisotopic (exact) mass is 385 g/mol. The van der Waals surface area contributed by atoms with Gasteiger partial charge >= 0.3 is 0 Å². The van der Waals surface area contributed by atoms with Crippen molar-refractivity contribution in [2.45, 2.75) is 40.0 Å². The molecule has 1 heterocycles. The molecule has 0 aromatic carbocycles. The van der Waals surface area contributed by atoms with E-state index < -0.39 is 5.92 Å². The van der Waals surface area contributed by atoms with Crippen molar-refractivity contribution in [2.75, 3.05) is 7.05 Å². The number of hydrogen-bond donors (Lipinski definition) is 1. The van der Waals surface area contributed by atoms with E-state index in [0.717, 1.165) is 24.6 Å². The molecular formula is C23H29F2N3. The smallest absolute Gasteiger partial charge is 0.272 e. The van der Waals surface area contributed by atoms with E-state index in [2.05, 4.69) is 28.5 Å². The summed E-state index contributed by atoms with van der Waals surface area (Å²) in [6, 6.07) is 2.94. The number of aliphatic imine (C=N–C) groups is 1. The van der Waals surface area contributed by atoms with Crippen molar-refractivity contribution < 1.29 is 8.78 Å². The predicted molar refractivity (Wildman–Crippen MR) is 116 cm³/mol. The number of aromatic nitrogens is 1. The minimum absolute atomic E-state index is 0.150. The molecule has 0 atom stereocenters. The molecule has 0 amide bonds. The highest BCUT2D eigenvalue weighted by Gasteiger charge is 2.29. The quantitative estimate of drug-likeness (QED) is 0.401. The Morgan fingerprint density at radius 2 is 1.93 bits per heavy atom. The molecule has 28 heavy (non-hydrogen) atoms. The maximum absolute atomic E-state index is 14.2. The Morgan fingerprint density at radius 3 is 2.46 bits per heavy atom. The summed E-state index contributed by atoms with van der Waals surface area (Å²) >= 11 is 0. The van der Waals surface area contributed by atoms with Crippen molar-refractivity contribution in [1.29, 1.82) is 0 Å². The number of pyridine rings is 1. The Hall–Kier alpha value is -2.82. The SMILES string of the molecule is C=C/C(=C\C=C(/C)CC)c1nc(C(=C)N/C(C)=C/C=N\C)ccc1C(C)(F)F. The van der Waals surface area contributed by atoms with E-state index in [4.69, 9.17) is 0 Å². The summed E-state index contributed by atoms with van der Waals surface area (Å²) in [7, 11) is 1.67. The second-order valence-electron chi connectivity index (χ2n) is 6.53. The number of allylic oxidation sites excluding steroid dienone is 7. The lowest BCUT2D eigenvalue weighted by Gasteiger charge is -2.18. The first-order valence-electron chi connectivity index (χ1n) is 9.09. The van der Waals surface area contributed by atoms with Crippen LogP contribution >= 0.6 is 0 Å². The van der Waals surface area contributed by atoms with Gasteiger partial charge in [0.15, 0.2) is 0 Å². The van der Waals surface area contributed by atoms with Crippen LogP contribution in [0.1, 0.15) is 51.1 Å². The van der Waals surface area contributed by atoms with Crippen molar-refractivity contribution in [2.24, 2.45) is 4.99 Å². The summed E-state index contributed by atoms with van der Waals surface area (Å²) in [5, 5.41) is 3.10. The molecule has 0 bridgehead atoms. The molecule has 1 aromatic rings. The number of alkyl halides is 2. The van der Waals surface area contributed by atoms with Crippen LogP contribution in [0.3, 0.4) is 0 Å². The molecule has 0 saturated carbocycles. The minimum atomic E-state index is -3.03. The molecule has 1 rings (SSSR count). The molecule has 3 nitrogen and oxygen atoms in total. The second kappa shape index (κ2) is 10.5. The van der Waals surface area contributed by atoms with Gasteiger partial charge in [0.1, 0.15) is 0 Å². The van der Waals surface area contributed by atoms with Gasteiger partial charge in [-0.15, -0.1) is 0 Å². The van der Waals surface area contributed by atoms with E-state index in [1.165, 1.54) is 6.07 Å². The third-order valence-electron chi connectivity index (χ3n) is 4.10. The van der Waals surface area contributed by atoms with Gasteiger partial charge in [0.05, 0.1) is 17.1 Å². The van der Waals surface area contributed by atoms with Crippen molar-refractivity contribution in [3.63, 3.8) is 0 Å². The summed E-state index contributed by atoms with van der Waals surface area (Å²) in [6.07, 6.45) is 9.52. The summed E-state index contributed by atoms with van der Waals surface area (Å²) in [5.74, 6) is -3.03. The first-order valence-corrected chi connectivity index (χ1v) is 9.09. The lowest BCUT2D eigenvalue weighted by Crippen LogP contribution is -2.15. The molecule has 1 N–H and O–H groups in total. The fourth-order valence-electron chi connectivity index (χ4n) is 2.33. The van der Waals surface area contributed by atoms with Gasteiger partial charge < -0.3 is 5.32 Å². The van der Waals surface area contributed by atoms with Gasteiger partial charge in [0.2, 0.25) is 0 Å². The number of nitrogens with zero attached hydrogens (tertiary/aromatic N) is 2. The average molecular weight is 386 g/mol. The maximum atomic E-state index is 14.2. The lowest BCUT2D eigenvalue weighted by atomic mass is 10.00.